The van der Waals surface area contributed by atoms with Crippen LogP contribution in [0.2, 0.25) is 0 Å². The number of alkyl halides is 3. The van der Waals surface area contributed by atoms with Crippen LogP contribution in [-0.4, -0.2) is 31.2 Å². The maximum absolute atomic E-state index is 13.7. The first-order chi connectivity index (χ1) is 13.6. The van der Waals surface area contributed by atoms with Crippen LogP contribution in [0, 0.1) is 6.92 Å². The summed E-state index contributed by atoms with van der Waals surface area (Å²) in [5.74, 6) is -0.595. The van der Waals surface area contributed by atoms with E-state index in [1.165, 1.54) is 29.6 Å². The maximum Gasteiger partial charge on any atom is 0.418 e. The van der Waals surface area contributed by atoms with E-state index in [2.05, 4.69) is 0 Å². The van der Waals surface area contributed by atoms with Crippen LogP contribution in [0.4, 0.5) is 18.9 Å². The molecule has 0 unspecified atom stereocenters. The molecule has 0 saturated heterocycles. The zero-order valence-electron chi connectivity index (χ0n) is 16.6. The third kappa shape index (κ3) is 3.66. The van der Waals surface area contributed by atoms with Crippen LogP contribution >= 0.6 is 0 Å². The molecule has 0 aliphatic heterocycles. The first-order valence-electron chi connectivity index (χ1n) is 9.06. The molecule has 0 amide bonds. The van der Waals surface area contributed by atoms with E-state index < -0.39 is 17.7 Å². The number of fused-ring (bicyclic) bond motifs is 2. The molecular formula is C21H21F3N2O3. The number of benzene rings is 2. The Kier molecular flexibility index (Phi) is 5.30. The first-order valence-corrected chi connectivity index (χ1v) is 9.06. The van der Waals surface area contributed by atoms with Crippen molar-refractivity contribution in [2.45, 2.75) is 26.6 Å². The van der Waals surface area contributed by atoms with E-state index in [-0.39, 0.29) is 35.2 Å². The Bertz CT molecular complexity index is 1160. The Morgan fingerprint density at radius 3 is 2.38 bits per heavy atom. The Morgan fingerprint density at radius 2 is 1.79 bits per heavy atom. The van der Waals surface area contributed by atoms with Crippen LogP contribution in [-0.2, 0) is 22.3 Å². The third-order valence-corrected chi connectivity index (χ3v) is 4.70. The highest BCUT2D eigenvalue weighted by Crippen LogP contribution is 2.40. The van der Waals surface area contributed by atoms with Crippen molar-refractivity contribution in [3.05, 3.63) is 51.7 Å². The number of hydrogen-bond acceptors (Lipinski definition) is 4. The van der Waals surface area contributed by atoms with E-state index in [9.17, 15) is 22.8 Å². The molecule has 2 aromatic carbocycles. The van der Waals surface area contributed by atoms with Crippen LogP contribution < -0.4 is 10.3 Å². The molecule has 0 radical (unpaired) electrons. The molecule has 1 heterocycles. The maximum atomic E-state index is 13.7. The van der Waals surface area contributed by atoms with E-state index in [0.717, 1.165) is 11.6 Å². The van der Waals surface area contributed by atoms with E-state index in [0.29, 0.717) is 10.9 Å². The van der Waals surface area contributed by atoms with Crippen LogP contribution in [0.15, 0.2) is 35.1 Å². The fraction of sp³-hybridized carbons (Fsp3) is 0.333. The third-order valence-electron chi connectivity index (χ3n) is 4.70. The van der Waals surface area contributed by atoms with Crippen molar-refractivity contribution < 1.29 is 22.7 Å². The van der Waals surface area contributed by atoms with Gasteiger partial charge in [-0.15, -0.1) is 0 Å². The highest BCUT2D eigenvalue weighted by atomic mass is 19.4. The van der Waals surface area contributed by atoms with Gasteiger partial charge in [0.15, 0.2) is 5.43 Å². The number of aromatic nitrogens is 1. The van der Waals surface area contributed by atoms with Crippen molar-refractivity contribution in [1.82, 2.24) is 4.57 Å². The largest absolute Gasteiger partial charge is 0.465 e. The fourth-order valence-corrected chi connectivity index (χ4v) is 3.54. The summed E-state index contributed by atoms with van der Waals surface area (Å²) in [6, 6.07) is 7.15. The van der Waals surface area contributed by atoms with Crippen LogP contribution in [0.3, 0.4) is 0 Å². The van der Waals surface area contributed by atoms with E-state index in [4.69, 9.17) is 4.74 Å². The van der Waals surface area contributed by atoms with Gasteiger partial charge in [0.05, 0.1) is 28.9 Å². The molecule has 0 saturated carbocycles. The Morgan fingerprint density at radius 1 is 1.14 bits per heavy atom. The fourth-order valence-electron chi connectivity index (χ4n) is 3.54. The number of pyridine rings is 1. The summed E-state index contributed by atoms with van der Waals surface area (Å²) in [5.41, 5.74) is -0.169. The van der Waals surface area contributed by atoms with Gasteiger partial charge in [0.2, 0.25) is 0 Å². The average Bonchev–Trinajstić information content (AvgIpc) is 2.63. The predicted octanol–water partition coefficient (Wildman–Crippen LogP) is 4.11. The summed E-state index contributed by atoms with van der Waals surface area (Å²) in [5, 5.41) is 0.444. The molecule has 0 aliphatic rings. The average molecular weight is 406 g/mol. The lowest BCUT2D eigenvalue weighted by molar-refractivity contribution is -0.143. The Labute approximate surface area is 165 Å². The molecule has 0 N–H and O–H groups in total. The summed E-state index contributed by atoms with van der Waals surface area (Å²) in [6.45, 7) is 3.29. The first kappa shape index (κ1) is 20.7. The second-order valence-electron chi connectivity index (χ2n) is 6.99. The number of anilines is 1. The Hall–Kier alpha value is -3.03. The van der Waals surface area contributed by atoms with Gasteiger partial charge >= 0.3 is 12.1 Å². The van der Waals surface area contributed by atoms with Crippen molar-refractivity contribution in [2.75, 3.05) is 25.6 Å². The van der Waals surface area contributed by atoms with Gasteiger partial charge in [-0.25, -0.2) is 0 Å². The highest BCUT2D eigenvalue weighted by Gasteiger charge is 2.36. The smallest absolute Gasteiger partial charge is 0.418 e. The molecule has 154 valence electrons. The normalized spacial score (nSPS) is 11.8. The Balaban J connectivity index is 2.57. The van der Waals surface area contributed by atoms with Crippen LogP contribution in [0.1, 0.15) is 18.1 Å². The van der Waals surface area contributed by atoms with Gasteiger partial charge in [0, 0.05) is 24.9 Å². The number of halogens is 3. The van der Waals surface area contributed by atoms with Crippen molar-refractivity contribution in [3.63, 3.8) is 0 Å². The van der Waals surface area contributed by atoms with Gasteiger partial charge in [0.1, 0.15) is 6.54 Å². The molecule has 1 aromatic heterocycles. The molecule has 3 rings (SSSR count). The van der Waals surface area contributed by atoms with Crippen molar-refractivity contribution in [1.29, 1.82) is 0 Å². The topological polar surface area (TPSA) is 51.5 Å². The summed E-state index contributed by atoms with van der Waals surface area (Å²) < 4.78 is 47.6. The second kappa shape index (κ2) is 7.42. The summed E-state index contributed by atoms with van der Waals surface area (Å²) >= 11 is 0. The van der Waals surface area contributed by atoms with Gasteiger partial charge in [0.25, 0.3) is 0 Å². The highest BCUT2D eigenvalue weighted by molar-refractivity contribution is 6.01. The number of rotatable bonds is 4. The standard InChI is InChI=1S/C21H21F3N2O3/c1-5-29-17(27)11-26-16-10-12(2)6-7-13(16)20(28)14-8-9-15(21(22,23)24)19(18(14)26)25(3)4/h6-10H,5,11H2,1-4H3. The predicted molar refractivity (Wildman–Crippen MR) is 106 cm³/mol. The molecule has 8 heteroatoms. The molecule has 29 heavy (non-hydrogen) atoms. The monoisotopic (exact) mass is 406 g/mol. The van der Waals surface area contributed by atoms with Gasteiger partial charge in [-0.05, 0) is 43.7 Å². The van der Waals surface area contributed by atoms with Gasteiger partial charge in [-0.1, -0.05) is 6.07 Å². The number of aryl methyl sites for hydroxylation is 1. The van der Waals surface area contributed by atoms with E-state index in [1.807, 2.05) is 6.92 Å². The zero-order valence-corrected chi connectivity index (χ0v) is 16.6. The number of carbonyl (C=O) groups is 1. The minimum absolute atomic E-state index is 0.0565. The molecule has 3 aromatic rings. The summed E-state index contributed by atoms with van der Waals surface area (Å²) in [7, 11) is 2.95. The van der Waals surface area contributed by atoms with E-state index in [1.54, 1.807) is 25.1 Å². The van der Waals surface area contributed by atoms with E-state index >= 15 is 0 Å². The number of esters is 1. The molecule has 5 nitrogen and oxygen atoms in total. The lowest BCUT2D eigenvalue weighted by Crippen LogP contribution is -2.23. The van der Waals surface area contributed by atoms with Crippen LogP contribution in [0.5, 0.6) is 0 Å². The second-order valence-corrected chi connectivity index (χ2v) is 6.99. The number of carbonyl (C=O) groups excluding carboxylic acids is 1. The molecule has 0 spiro atoms. The quantitative estimate of drug-likeness (QED) is 0.483. The number of nitrogens with zero attached hydrogens (tertiary/aromatic N) is 2. The summed E-state index contributed by atoms with van der Waals surface area (Å²) in [4.78, 5) is 26.7. The van der Waals surface area contributed by atoms with Crippen molar-refractivity contribution >= 4 is 33.5 Å². The van der Waals surface area contributed by atoms with Gasteiger partial charge in [-0.3, -0.25) is 9.59 Å². The van der Waals surface area contributed by atoms with Crippen molar-refractivity contribution in [2.24, 2.45) is 0 Å². The molecular weight excluding hydrogens is 385 g/mol. The molecule has 0 bridgehead atoms. The number of ether oxygens (including phenoxy) is 1. The lowest BCUT2D eigenvalue weighted by Gasteiger charge is -2.25. The lowest BCUT2D eigenvalue weighted by atomic mass is 10.0. The molecule has 0 fully saturated rings. The van der Waals surface area contributed by atoms with Crippen LogP contribution in [0.25, 0.3) is 21.8 Å². The molecule has 0 atom stereocenters. The number of hydrogen-bond donors (Lipinski definition) is 0. The van der Waals surface area contributed by atoms with Gasteiger partial charge < -0.3 is 14.2 Å². The van der Waals surface area contributed by atoms with Gasteiger partial charge in [-0.2, -0.15) is 13.2 Å². The zero-order chi connectivity index (χ0) is 21.5. The SMILES string of the molecule is CCOC(=O)Cn1c2cc(C)ccc2c(=O)c2ccc(C(F)(F)F)c(N(C)C)c21. The molecule has 0 aliphatic carbocycles. The van der Waals surface area contributed by atoms with Crippen molar-refractivity contribution in [3.8, 4) is 0 Å². The minimum atomic E-state index is -4.62. The minimum Gasteiger partial charge on any atom is -0.465 e. The summed E-state index contributed by atoms with van der Waals surface area (Å²) in [6.07, 6.45) is -4.62.